The molecule has 3 rings (SSSR count). The number of likely N-dealkylation sites (N-methyl/N-ethyl adjacent to an activating group) is 1. The molecule has 22 heavy (non-hydrogen) atoms. The summed E-state index contributed by atoms with van der Waals surface area (Å²) in [6, 6.07) is 5.87. The number of rotatable bonds is 4. The summed E-state index contributed by atoms with van der Waals surface area (Å²) in [6.07, 6.45) is 5.62. The van der Waals surface area contributed by atoms with Gasteiger partial charge >= 0.3 is 0 Å². The molecule has 2 fully saturated rings. The maximum absolute atomic E-state index is 12.7. The molecule has 1 aromatic rings. The second-order valence-electron chi connectivity index (χ2n) is 6.06. The van der Waals surface area contributed by atoms with E-state index in [-0.39, 0.29) is 6.04 Å². The zero-order chi connectivity index (χ0) is 15.6. The molecule has 122 valence electrons. The van der Waals surface area contributed by atoms with Gasteiger partial charge in [-0.25, -0.2) is 4.98 Å². The SMILES string of the molecule is CN(C1CCCN(c2ccccn2)C1)S(=O)(=O)N1CCCC1. The summed E-state index contributed by atoms with van der Waals surface area (Å²) in [5.74, 6) is 0.930. The van der Waals surface area contributed by atoms with Gasteiger partial charge in [-0.05, 0) is 37.8 Å². The molecule has 0 amide bonds. The topological polar surface area (TPSA) is 56.8 Å². The van der Waals surface area contributed by atoms with Crippen LogP contribution in [0.4, 0.5) is 5.82 Å². The van der Waals surface area contributed by atoms with Gasteiger partial charge in [0, 0.05) is 45.5 Å². The van der Waals surface area contributed by atoms with Gasteiger partial charge < -0.3 is 4.90 Å². The quantitative estimate of drug-likeness (QED) is 0.838. The molecule has 0 aromatic carbocycles. The van der Waals surface area contributed by atoms with Crippen LogP contribution in [0.3, 0.4) is 0 Å². The highest BCUT2D eigenvalue weighted by Crippen LogP contribution is 2.24. The van der Waals surface area contributed by atoms with Crippen molar-refractivity contribution in [2.45, 2.75) is 31.7 Å². The summed E-state index contributed by atoms with van der Waals surface area (Å²) in [7, 11) is -1.60. The van der Waals surface area contributed by atoms with Crippen LogP contribution in [-0.4, -0.2) is 61.3 Å². The van der Waals surface area contributed by atoms with Crippen molar-refractivity contribution in [3.63, 3.8) is 0 Å². The molecule has 2 saturated heterocycles. The van der Waals surface area contributed by atoms with Gasteiger partial charge in [-0.1, -0.05) is 6.07 Å². The number of anilines is 1. The van der Waals surface area contributed by atoms with Crippen molar-refractivity contribution in [2.75, 3.05) is 38.1 Å². The maximum atomic E-state index is 12.7. The fraction of sp³-hybridized carbons (Fsp3) is 0.667. The fourth-order valence-electron chi connectivity index (χ4n) is 3.29. The lowest BCUT2D eigenvalue weighted by atomic mass is 10.1. The molecule has 0 N–H and O–H groups in total. The van der Waals surface area contributed by atoms with E-state index >= 15 is 0 Å². The number of hydrogen-bond donors (Lipinski definition) is 0. The van der Waals surface area contributed by atoms with Crippen LogP contribution in [0.25, 0.3) is 0 Å². The minimum Gasteiger partial charge on any atom is -0.355 e. The summed E-state index contributed by atoms with van der Waals surface area (Å²) < 4.78 is 28.6. The molecule has 6 nitrogen and oxygen atoms in total. The van der Waals surface area contributed by atoms with E-state index < -0.39 is 10.2 Å². The van der Waals surface area contributed by atoms with Crippen LogP contribution in [0.5, 0.6) is 0 Å². The number of aromatic nitrogens is 1. The highest BCUT2D eigenvalue weighted by atomic mass is 32.2. The third-order valence-electron chi connectivity index (χ3n) is 4.64. The van der Waals surface area contributed by atoms with Gasteiger partial charge in [0.25, 0.3) is 10.2 Å². The van der Waals surface area contributed by atoms with Gasteiger partial charge in [-0.2, -0.15) is 17.0 Å². The first kappa shape index (κ1) is 15.7. The van der Waals surface area contributed by atoms with Gasteiger partial charge in [-0.15, -0.1) is 0 Å². The smallest absolute Gasteiger partial charge is 0.282 e. The van der Waals surface area contributed by atoms with Crippen molar-refractivity contribution in [2.24, 2.45) is 0 Å². The Bertz CT molecular complexity index is 587. The van der Waals surface area contributed by atoms with Crippen LogP contribution in [0.1, 0.15) is 25.7 Å². The molecule has 0 radical (unpaired) electrons. The summed E-state index contributed by atoms with van der Waals surface area (Å²) >= 11 is 0. The van der Waals surface area contributed by atoms with Gasteiger partial charge in [0.1, 0.15) is 5.82 Å². The average molecular weight is 324 g/mol. The van der Waals surface area contributed by atoms with Gasteiger partial charge in [0.05, 0.1) is 0 Å². The van der Waals surface area contributed by atoms with Crippen molar-refractivity contribution in [1.29, 1.82) is 0 Å². The Morgan fingerprint density at radius 3 is 2.64 bits per heavy atom. The van der Waals surface area contributed by atoms with Crippen LogP contribution in [0.2, 0.25) is 0 Å². The molecule has 3 heterocycles. The van der Waals surface area contributed by atoms with E-state index in [2.05, 4.69) is 9.88 Å². The van der Waals surface area contributed by atoms with E-state index in [1.54, 1.807) is 21.9 Å². The van der Waals surface area contributed by atoms with E-state index in [0.29, 0.717) is 19.6 Å². The second kappa shape index (κ2) is 6.52. The first-order chi connectivity index (χ1) is 10.6. The summed E-state index contributed by atoms with van der Waals surface area (Å²) in [5, 5.41) is 0. The van der Waals surface area contributed by atoms with E-state index in [0.717, 1.165) is 38.0 Å². The summed E-state index contributed by atoms with van der Waals surface area (Å²) in [4.78, 5) is 6.57. The zero-order valence-corrected chi connectivity index (χ0v) is 13.9. The lowest BCUT2D eigenvalue weighted by Crippen LogP contribution is -2.52. The van der Waals surface area contributed by atoms with Crippen LogP contribution < -0.4 is 4.90 Å². The van der Waals surface area contributed by atoms with E-state index in [1.807, 2.05) is 18.2 Å². The Morgan fingerprint density at radius 1 is 1.18 bits per heavy atom. The predicted octanol–water partition coefficient (Wildman–Crippen LogP) is 1.32. The molecule has 0 aliphatic carbocycles. The molecular weight excluding hydrogens is 300 g/mol. The monoisotopic (exact) mass is 324 g/mol. The van der Waals surface area contributed by atoms with Gasteiger partial charge in [0.15, 0.2) is 0 Å². The van der Waals surface area contributed by atoms with Crippen molar-refractivity contribution < 1.29 is 8.42 Å². The molecule has 7 heteroatoms. The van der Waals surface area contributed by atoms with Crippen molar-refractivity contribution in [3.05, 3.63) is 24.4 Å². The lowest BCUT2D eigenvalue weighted by Gasteiger charge is -2.38. The van der Waals surface area contributed by atoms with Crippen LogP contribution in [-0.2, 0) is 10.2 Å². The summed E-state index contributed by atoms with van der Waals surface area (Å²) in [5.41, 5.74) is 0. The molecule has 0 bridgehead atoms. The number of hydrogen-bond acceptors (Lipinski definition) is 4. The summed E-state index contributed by atoms with van der Waals surface area (Å²) in [6.45, 7) is 2.96. The Kier molecular flexibility index (Phi) is 4.65. The first-order valence-electron chi connectivity index (χ1n) is 7.98. The van der Waals surface area contributed by atoms with Crippen LogP contribution >= 0.6 is 0 Å². The normalized spacial score (nSPS) is 24.1. The van der Waals surface area contributed by atoms with Crippen molar-refractivity contribution in [1.82, 2.24) is 13.6 Å². The largest absolute Gasteiger partial charge is 0.355 e. The van der Waals surface area contributed by atoms with Gasteiger partial charge in [-0.3, -0.25) is 0 Å². The average Bonchev–Trinajstić information content (AvgIpc) is 3.10. The fourth-order valence-corrected chi connectivity index (χ4v) is 4.92. The molecule has 1 aromatic heterocycles. The minimum absolute atomic E-state index is 0.0151. The van der Waals surface area contributed by atoms with Crippen LogP contribution in [0, 0.1) is 0 Å². The highest BCUT2D eigenvalue weighted by molar-refractivity contribution is 7.86. The van der Waals surface area contributed by atoms with Crippen molar-refractivity contribution in [3.8, 4) is 0 Å². The Hall–Kier alpha value is -1.18. The number of piperidine rings is 1. The van der Waals surface area contributed by atoms with Crippen LogP contribution in [0.15, 0.2) is 24.4 Å². The van der Waals surface area contributed by atoms with E-state index in [4.69, 9.17) is 0 Å². The lowest BCUT2D eigenvalue weighted by molar-refractivity contribution is 0.297. The number of nitrogens with zero attached hydrogens (tertiary/aromatic N) is 4. The highest BCUT2D eigenvalue weighted by Gasteiger charge is 2.35. The third-order valence-corrected chi connectivity index (χ3v) is 6.68. The second-order valence-corrected chi connectivity index (χ2v) is 8.05. The predicted molar refractivity (Wildman–Crippen MR) is 87.0 cm³/mol. The molecule has 2 aliphatic heterocycles. The molecular formula is C15H24N4O2S. The molecule has 1 atom stereocenters. The van der Waals surface area contributed by atoms with Gasteiger partial charge in [0.2, 0.25) is 0 Å². The van der Waals surface area contributed by atoms with Crippen molar-refractivity contribution >= 4 is 16.0 Å². The standard InChI is InChI=1S/C15H24N4O2S/c1-17(22(20,21)19-11-4-5-12-19)14-7-6-10-18(13-14)15-8-2-3-9-16-15/h2-3,8-9,14H,4-7,10-13H2,1H3. The molecule has 2 aliphatic rings. The Labute approximate surface area is 132 Å². The first-order valence-corrected chi connectivity index (χ1v) is 9.38. The van der Waals surface area contributed by atoms with E-state index in [9.17, 15) is 8.42 Å². The Morgan fingerprint density at radius 2 is 1.95 bits per heavy atom. The zero-order valence-electron chi connectivity index (χ0n) is 13.1. The Balaban J connectivity index is 1.71. The molecule has 0 saturated carbocycles. The number of pyridine rings is 1. The van der Waals surface area contributed by atoms with E-state index in [1.165, 1.54) is 0 Å². The molecule has 0 spiro atoms. The molecule has 1 unspecified atom stereocenters. The minimum atomic E-state index is -3.32. The third kappa shape index (κ3) is 3.11. The maximum Gasteiger partial charge on any atom is 0.282 e.